The van der Waals surface area contributed by atoms with E-state index in [1.807, 2.05) is 42.5 Å². The molecule has 1 saturated heterocycles. The van der Waals surface area contributed by atoms with Crippen LogP contribution in [-0.4, -0.2) is 56.0 Å². The van der Waals surface area contributed by atoms with Gasteiger partial charge in [-0.15, -0.1) is 0 Å². The summed E-state index contributed by atoms with van der Waals surface area (Å²) in [6.07, 6.45) is 0.641. The Labute approximate surface area is 187 Å². The lowest BCUT2D eigenvalue weighted by Crippen LogP contribution is -2.43. The monoisotopic (exact) mass is 439 g/mol. The number of hydrogen-bond donors (Lipinski definition) is 2. The number of amides is 3. The Morgan fingerprint density at radius 3 is 2.47 bits per heavy atom. The highest BCUT2D eigenvalue weighted by Gasteiger charge is 2.25. The molecule has 8 nitrogen and oxygen atoms in total. The number of nitrogens with zero attached hydrogens (tertiary/aromatic N) is 1. The third kappa shape index (κ3) is 6.81. The molecule has 8 heteroatoms. The van der Waals surface area contributed by atoms with Crippen LogP contribution in [0.1, 0.15) is 30.1 Å². The zero-order chi connectivity index (χ0) is 22.8. The van der Waals surface area contributed by atoms with Crippen molar-refractivity contribution in [2.75, 3.05) is 33.4 Å². The summed E-state index contributed by atoms with van der Waals surface area (Å²) in [5.74, 6) is -0.667. The van der Waals surface area contributed by atoms with E-state index in [1.165, 1.54) is 0 Å². The van der Waals surface area contributed by atoms with Gasteiger partial charge in [0.1, 0.15) is 11.9 Å². The molecule has 0 aliphatic carbocycles. The van der Waals surface area contributed by atoms with Crippen molar-refractivity contribution < 1.29 is 23.9 Å². The molecule has 0 spiro atoms. The molecule has 2 N–H and O–H groups in total. The highest BCUT2D eigenvalue weighted by Crippen LogP contribution is 2.22. The number of morpholine rings is 1. The van der Waals surface area contributed by atoms with Gasteiger partial charge in [0.15, 0.2) is 0 Å². The Hall–Kier alpha value is -3.39. The molecular formula is C24H29N3O5. The van der Waals surface area contributed by atoms with Crippen molar-refractivity contribution in [3.8, 4) is 5.75 Å². The van der Waals surface area contributed by atoms with Crippen LogP contribution in [0.25, 0.3) is 0 Å². The fourth-order valence-electron chi connectivity index (χ4n) is 3.43. The van der Waals surface area contributed by atoms with Gasteiger partial charge >= 0.3 is 11.8 Å². The van der Waals surface area contributed by atoms with Gasteiger partial charge in [-0.25, -0.2) is 0 Å². The zero-order valence-electron chi connectivity index (χ0n) is 18.2. The number of ether oxygens (including phenoxy) is 2. The van der Waals surface area contributed by atoms with E-state index >= 15 is 0 Å². The van der Waals surface area contributed by atoms with E-state index in [9.17, 15) is 14.4 Å². The van der Waals surface area contributed by atoms with Crippen LogP contribution >= 0.6 is 0 Å². The first-order valence-corrected chi connectivity index (χ1v) is 10.7. The molecule has 1 aliphatic rings. The Kier molecular flexibility index (Phi) is 8.62. The molecular weight excluding hydrogens is 410 g/mol. The summed E-state index contributed by atoms with van der Waals surface area (Å²) in [5, 5.41) is 5.14. The standard InChI is InChI=1S/C24H29N3O5/c1-31-20-11-9-18(10-12-20)16-26-24(30)23(29)25-13-5-8-22(28)27-14-15-32-21(17-27)19-6-3-2-4-7-19/h2-4,6-7,9-12,21H,5,8,13-17H2,1H3,(H,25,29)(H,26,30). The molecule has 0 aromatic heterocycles. The van der Waals surface area contributed by atoms with Crippen LogP contribution in [0.3, 0.4) is 0 Å². The number of rotatable bonds is 8. The van der Waals surface area contributed by atoms with E-state index in [0.29, 0.717) is 32.5 Å². The van der Waals surface area contributed by atoms with E-state index in [4.69, 9.17) is 9.47 Å². The summed E-state index contributed by atoms with van der Waals surface area (Å²) in [4.78, 5) is 38.2. The highest BCUT2D eigenvalue weighted by atomic mass is 16.5. The summed E-state index contributed by atoms with van der Waals surface area (Å²) >= 11 is 0. The molecule has 0 saturated carbocycles. The van der Waals surface area contributed by atoms with Gasteiger partial charge in [-0.2, -0.15) is 0 Å². The first-order valence-electron chi connectivity index (χ1n) is 10.7. The van der Waals surface area contributed by atoms with E-state index in [-0.39, 0.29) is 25.1 Å². The van der Waals surface area contributed by atoms with Crippen molar-refractivity contribution in [2.45, 2.75) is 25.5 Å². The van der Waals surface area contributed by atoms with Crippen molar-refractivity contribution in [1.29, 1.82) is 0 Å². The van der Waals surface area contributed by atoms with Gasteiger partial charge in [0.05, 0.1) is 20.3 Å². The minimum absolute atomic E-state index is 0.0208. The maximum Gasteiger partial charge on any atom is 0.309 e. The predicted molar refractivity (Wildman–Crippen MR) is 119 cm³/mol. The van der Waals surface area contributed by atoms with Crippen molar-refractivity contribution >= 4 is 17.7 Å². The molecule has 1 heterocycles. The van der Waals surface area contributed by atoms with E-state index < -0.39 is 11.8 Å². The minimum atomic E-state index is -0.707. The van der Waals surface area contributed by atoms with Crippen LogP contribution in [-0.2, 0) is 25.7 Å². The molecule has 1 atom stereocenters. The lowest BCUT2D eigenvalue weighted by molar-refractivity contribution is -0.140. The minimum Gasteiger partial charge on any atom is -0.497 e. The third-order valence-electron chi connectivity index (χ3n) is 5.26. The van der Waals surface area contributed by atoms with E-state index in [1.54, 1.807) is 24.1 Å². The summed E-state index contributed by atoms with van der Waals surface area (Å²) < 4.78 is 10.9. The number of methoxy groups -OCH3 is 1. The van der Waals surface area contributed by atoms with Gasteiger partial charge in [0.25, 0.3) is 0 Å². The fraction of sp³-hybridized carbons (Fsp3) is 0.375. The summed E-state index contributed by atoms with van der Waals surface area (Å²) in [6, 6.07) is 17.0. The second kappa shape index (κ2) is 11.9. The molecule has 1 aliphatic heterocycles. The maximum atomic E-state index is 12.5. The van der Waals surface area contributed by atoms with Gasteiger partial charge in [0, 0.05) is 26.1 Å². The van der Waals surface area contributed by atoms with Crippen LogP contribution in [0, 0.1) is 0 Å². The topological polar surface area (TPSA) is 97.0 Å². The van der Waals surface area contributed by atoms with Gasteiger partial charge in [-0.3, -0.25) is 14.4 Å². The molecule has 2 aromatic rings. The first kappa shape index (κ1) is 23.3. The normalized spacial score (nSPS) is 15.7. The van der Waals surface area contributed by atoms with Crippen molar-refractivity contribution in [1.82, 2.24) is 15.5 Å². The third-order valence-corrected chi connectivity index (χ3v) is 5.26. The number of carbonyl (C=O) groups excluding carboxylic acids is 3. The highest BCUT2D eigenvalue weighted by molar-refractivity contribution is 6.35. The van der Waals surface area contributed by atoms with Gasteiger partial charge in [-0.1, -0.05) is 42.5 Å². The summed E-state index contributed by atoms with van der Waals surface area (Å²) in [5.41, 5.74) is 1.91. The molecule has 1 unspecified atom stereocenters. The average molecular weight is 440 g/mol. The summed E-state index contributed by atoms with van der Waals surface area (Å²) in [6.45, 7) is 2.07. The smallest absolute Gasteiger partial charge is 0.309 e. The van der Waals surface area contributed by atoms with Crippen molar-refractivity contribution in [2.24, 2.45) is 0 Å². The van der Waals surface area contributed by atoms with Crippen LogP contribution in [0.15, 0.2) is 54.6 Å². The van der Waals surface area contributed by atoms with Crippen LogP contribution < -0.4 is 15.4 Å². The predicted octanol–water partition coefficient (Wildman–Crippen LogP) is 1.81. The Morgan fingerprint density at radius 2 is 1.75 bits per heavy atom. The summed E-state index contributed by atoms with van der Waals surface area (Å²) in [7, 11) is 1.58. The van der Waals surface area contributed by atoms with Crippen molar-refractivity contribution in [3.05, 3.63) is 65.7 Å². The van der Waals surface area contributed by atoms with Gasteiger partial charge in [0.2, 0.25) is 5.91 Å². The molecule has 1 fully saturated rings. The molecule has 3 rings (SSSR count). The Balaban J connectivity index is 1.33. The second-order valence-corrected chi connectivity index (χ2v) is 7.50. The van der Waals surface area contributed by atoms with Crippen LogP contribution in [0.4, 0.5) is 0 Å². The molecule has 2 aromatic carbocycles. The average Bonchev–Trinajstić information content (AvgIpc) is 2.85. The Bertz CT molecular complexity index is 902. The quantitative estimate of drug-likeness (QED) is 0.483. The van der Waals surface area contributed by atoms with Gasteiger partial charge < -0.3 is 25.0 Å². The first-order chi connectivity index (χ1) is 15.6. The zero-order valence-corrected chi connectivity index (χ0v) is 18.2. The lowest BCUT2D eigenvalue weighted by atomic mass is 10.1. The molecule has 32 heavy (non-hydrogen) atoms. The van der Waals surface area contributed by atoms with E-state index in [2.05, 4.69) is 10.6 Å². The van der Waals surface area contributed by atoms with Gasteiger partial charge in [-0.05, 0) is 29.7 Å². The number of nitrogens with one attached hydrogen (secondary N) is 2. The Morgan fingerprint density at radius 1 is 1.03 bits per heavy atom. The number of benzene rings is 2. The number of hydrogen-bond acceptors (Lipinski definition) is 5. The van der Waals surface area contributed by atoms with E-state index in [0.717, 1.165) is 16.9 Å². The molecule has 0 bridgehead atoms. The lowest BCUT2D eigenvalue weighted by Gasteiger charge is -2.33. The number of carbonyl (C=O) groups is 3. The van der Waals surface area contributed by atoms with Crippen molar-refractivity contribution in [3.63, 3.8) is 0 Å². The molecule has 3 amide bonds. The SMILES string of the molecule is COc1ccc(CNC(=O)C(=O)NCCCC(=O)N2CCOC(c3ccccc3)C2)cc1. The largest absolute Gasteiger partial charge is 0.497 e. The molecule has 170 valence electrons. The second-order valence-electron chi connectivity index (χ2n) is 7.50. The fourth-order valence-corrected chi connectivity index (χ4v) is 3.43. The van der Waals surface area contributed by atoms with Crippen LogP contribution in [0.5, 0.6) is 5.75 Å². The molecule has 0 radical (unpaired) electrons. The maximum absolute atomic E-state index is 12.5. The van der Waals surface area contributed by atoms with Crippen LogP contribution in [0.2, 0.25) is 0 Å².